The fourth-order valence-electron chi connectivity index (χ4n) is 3.56. The average Bonchev–Trinajstić information content (AvgIpc) is 3.21. The molecule has 1 atom stereocenters. The van der Waals surface area contributed by atoms with Crippen LogP contribution in [0.1, 0.15) is 35.0 Å². The van der Waals surface area contributed by atoms with Gasteiger partial charge in [0.1, 0.15) is 11.6 Å². The minimum atomic E-state index is -1.12. The number of rotatable bonds is 8. The number of hydrogen-bond acceptors (Lipinski definition) is 6. The lowest BCUT2D eigenvalue weighted by molar-refractivity contribution is -0.148. The predicted molar refractivity (Wildman–Crippen MR) is 120 cm³/mol. The van der Waals surface area contributed by atoms with Gasteiger partial charge in [0.05, 0.1) is 15.8 Å². The molecule has 0 aliphatic carbocycles. The van der Waals surface area contributed by atoms with Crippen LogP contribution in [0.15, 0.2) is 42.5 Å². The van der Waals surface area contributed by atoms with Crippen LogP contribution in [0, 0.1) is 0 Å². The van der Waals surface area contributed by atoms with E-state index in [2.05, 4.69) is 16.0 Å². The Hall–Kier alpha value is -2.42. The summed E-state index contributed by atoms with van der Waals surface area (Å²) in [7, 11) is 0. The summed E-state index contributed by atoms with van der Waals surface area (Å²) in [5.74, 6) is -1.25. The first-order valence-corrected chi connectivity index (χ1v) is 11.4. The van der Waals surface area contributed by atoms with Crippen molar-refractivity contribution in [2.45, 2.75) is 37.8 Å². The second-order valence-electron chi connectivity index (χ2n) is 7.36. The molecule has 0 bridgehead atoms. The van der Waals surface area contributed by atoms with E-state index in [1.165, 1.54) is 0 Å². The van der Waals surface area contributed by atoms with Crippen LogP contribution in [0.2, 0.25) is 4.34 Å². The van der Waals surface area contributed by atoms with E-state index in [1.807, 2.05) is 30.3 Å². The van der Waals surface area contributed by atoms with Crippen molar-refractivity contribution < 1.29 is 19.1 Å². The van der Waals surface area contributed by atoms with Crippen LogP contribution >= 0.6 is 22.9 Å². The van der Waals surface area contributed by atoms with Crippen LogP contribution in [0.3, 0.4) is 0 Å². The number of benzene rings is 1. The van der Waals surface area contributed by atoms with Crippen molar-refractivity contribution in [2.24, 2.45) is 0 Å². The molecule has 2 heterocycles. The van der Waals surface area contributed by atoms with Crippen LogP contribution in [0.4, 0.5) is 0 Å². The number of halogens is 1. The highest BCUT2D eigenvalue weighted by Gasteiger charge is 2.42. The molecule has 1 fully saturated rings. The summed E-state index contributed by atoms with van der Waals surface area (Å²) in [6, 6.07) is 11.8. The van der Waals surface area contributed by atoms with Crippen LogP contribution in [0.25, 0.3) is 0 Å². The summed E-state index contributed by atoms with van der Waals surface area (Å²) < 4.78 is 5.68. The molecule has 3 rings (SSSR count). The SMILES string of the molecule is CCOC(=O)C(Cc1ccccc1)NC(=O)C1(NC(=O)c2ccc(Cl)s2)CCNCC1. The molecule has 1 saturated heterocycles. The van der Waals surface area contributed by atoms with Crippen molar-refractivity contribution in [3.8, 4) is 0 Å². The van der Waals surface area contributed by atoms with E-state index in [-0.39, 0.29) is 18.4 Å². The highest BCUT2D eigenvalue weighted by atomic mass is 35.5. The van der Waals surface area contributed by atoms with Crippen LogP contribution in [-0.4, -0.2) is 49.1 Å². The molecule has 2 aromatic rings. The number of ether oxygens (including phenoxy) is 1. The zero-order chi connectivity index (χ0) is 22.3. The minimum absolute atomic E-state index is 0.213. The Morgan fingerprint density at radius 2 is 1.87 bits per heavy atom. The molecule has 0 spiro atoms. The third kappa shape index (κ3) is 6.06. The van der Waals surface area contributed by atoms with Gasteiger partial charge in [-0.2, -0.15) is 0 Å². The van der Waals surface area contributed by atoms with Crippen molar-refractivity contribution in [1.29, 1.82) is 0 Å². The number of piperidine rings is 1. The molecule has 31 heavy (non-hydrogen) atoms. The Kier molecular flexibility index (Phi) is 8.06. The lowest BCUT2D eigenvalue weighted by Gasteiger charge is -2.37. The molecule has 9 heteroatoms. The smallest absolute Gasteiger partial charge is 0.328 e. The molecule has 166 valence electrons. The van der Waals surface area contributed by atoms with E-state index in [1.54, 1.807) is 19.1 Å². The highest BCUT2D eigenvalue weighted by molar-refractivity contribution is 7.18. The maximum absolute atomic E-state index is 13.4. The van der Waals surface area contributed by atoms with Gasteiger partial charge >= 0.3 is 5.97 Å². The van der Waals surface area contributed by atoms with Gasteiger partial charge in [0, 0.05) is 6.42 Å². The molecule has 1 aliphatic heterocycles. The third-order valence-corrected chi connectivity index (χ3v) is 6.43. The topological polar surface area (TPSA) is 96.5 Å². The Balaban J connectivity index is 1.79. The van der Waals surface area contributed by atoms with E-state index in [0.29, 0.717) is 41.6 Å². The Morgan fingerprint density at radius 1 is 1.16 bits per heavy atom. The molecule has 1 aliphatic rings. The molecule has 1 aromatic heterocycles. The van der Waals surface area contributed by atoms with Gasteiger partial charge in [-0.15, -0.1) is 11.3 Å². The first-order chi connectivity index (χ1) is 14.9. The lowest BCUT2D eigenvalue weighted by atomic mass is 9.86. The van der Waals surface area contributed by atoms with Gasteiger partial charge in [0.15, 0.2) is 0 Å². The third-order valence-electron chi connectivity index (χ3n) is 5.20. The fraction of sp³-hybridized carbons (Fsp3) is 0.409. The largest absolute Gasteiger partial charge is 0.464 e. The standard InChI is InChI=1S/C22H26ClN3O4S/c1-2-30-20(28)16(14-15-6-4-3-5-7-15)25-21(29)22(10-12-24-13-11-22)26-19(27)17-8-9-18(23)31-17/h3-9,16,24H,2,10-14H2,1H3,(H,25,29)(H,26,27). The Labute approximate surface area is 190 Å². The predicted octanol–water partition coefficient (Wildman–Crippen LogP) is 2.54. The Bertz CT molecular complexity index is 912. The van der Waals surface area contributed by atoms with Crippen LogP contribution in [0.5, 0.6) is 0 Å². The summed E-state index contributed by atoms with van der Waals surface area (Å²) in [5, 5.41) is 8.96. The van der Waals surface area contributed by atoms with Gasteiger partial charge < -0.3 is 20.7 Å². The van der Waals surface area contributed by atoms with E-state index < -0.39 is 17.6 Å². The number of thiophene rings is 1. The minimum Gasteiger partial charge on any atom is -0.464 e. The number of hydrogen-bond donors (Lipinski definition) is 3. The van der Waals surface area contributed by atoms with E-state index in [4.69, 9.17) is 16.3 Å². The average molecular weight is 464 g/mol. The second kappa shape index (κ2) is 10.7. The van der Waals surface area contributed by atoms with Gasteiger partial charge in [-0.05, 0) is 50.6 Å². The van der Waals surface area contributed by atoms with Gasteiger partial charge in [0.2, 0.25) is 5.91 Å². The molecule has 2 amide bonds. The van der Waals surface area contributed by atoms with E-state index in [0.717, 1.165) is 16.9 Å². The van der Waals surface area contributed by atoms with Gasteiger partial charge in [-0.3, -0.25) is 9.59 Å². The molecule has 0 saturated carbocycles. The van der Waals surface area contributed by atoms with Crippen molar-refractivity contribution in [3.63, 3.8) is 0 Å². The number of esters is 1. The zero-order valence-electron chi connectivity index (χ0n) is 17.3. The van der Waals surface area contributed by atoms with Gasteiger partial charge in [-0.25, -0.2) is 4.79 Å². The van der Waals surface area contributed by atoms with E-state index >= 15 is 0 Å². The molecule has 7 nitrogen and oxygen atoms in total. The molecule has 3 N–H and O–H groups in total. The zero-order valence-corrected chi connectivity index (χ0v) is 18.9. The maximum Gasteiger partial charge on any atom is 0.328 e. The van der Waals surface area contributed by atoms with Crippen molar-refractivity contribution >= 4 is 40.7 Å². The number of nitrogens with one attached hydrogen (secondary N) is 3. The first-order valence-electron chi connectivity index (χ1n) is 10.2. The number of amides is 2. The summed E-state index contributed by atoms with van der Waals surface area (Å²) >= 11 is 7.11. The summed E-state index contributed by atoms with van der Waals surface area (Å²) in [5.41, 5.74) is -0.224. The van der Waals surface area contributed by atoms with Crippen LogP contribution in [-0.2, 0) is 20.7 Å². The molecular weight excluding hydrogens is 438 g/mol. The normalized spacial score (nSPS) is 16.2. The summed E-state index contributed by atoms with van der Waals surface area (Å²) in [6.07, 6.45) is 1.11. The lowest BCUT2D eigenvalue weighted by Crippen LogP contribution is -2.64. The quantitative estimate of drug-likeness (QED) is 0.523. The molecule has 1 unspecified atom stereocenters. The molecule has 1 aromatic carbocycles. The highest BCUT2D eigenvalue weighted by Crippen LogP contribution is 2.24. The van der Waals surface area contributed by atoms with Crippen molar-refractivity contribution in [1.82, 2.24) is 16.0 Å². The molecular formula is C22H26ClN3O4S. The molecule has 0 radical (unpaired) electrons. The number of carbonyl (C=O) groups excluding carboxylic acids is 3. The van der Waals surface area contributed by atoms with Crippen molar-refractivity contribution in [3.05, 3.63) is 57.2 Å². The van der Waals surface area contributed by atoms with Crippen molar-refractivity contribution in [2.75, 3.05) is 19.7 Å². The monoisotopic (exact) mass is 463 g/mol. The Morgan fingerprint density at radius 3 is 2.48 bits per heavy atom. The van der Waals surface area contributed by atoms with Gasteiger partial charge in [0.25, 0.3) is 5.91 Å². The second-order valence-corrected chi connectivity index (χ2v) is 9.07. The maximum atomic E-state index is 13.4. The fourth-order valence-corrected chi connectivity index (χ4v) is 4.50. The van der Waals surface area contributed by atoms with E-state index in [9.17, 15) is 14.4 Å². The van der Waals surface area contributed by atoms with Gasteiger partial charge in [-0.1, -0.05) is 41.9 Å². The summed E-state index contributed by atoms with van der Waals surface area (Å²) in [6.45, 7) is 3.08. The number of carbonyl (C=O) groups is 3. The van der Waals surface area contributed by atoms with Crippen LogP contribution < -0.4 is 16.0 Å². The first kappa shape index (κ1) is 23.2. The summed E-state index contributed by atoms with van der Waals surface area (Å²) in [4.78, 5) is 39.2.